The summed E-state index contributed by atoms with van der Waals surface area (Å²) in [6.45, 7) is 8.10. The maximum atomic E-state index is 11.3. The summed E-state index contributed by atoms with van der Waals surface area (Å²) < 4.78 is 5.86. The van der Waals surface area contributed by atoms with E-state index in [9.17, 15) is 4.79 Å². The zero-order chi connectivity index (χ0) is 16.8. The van der Waals surface area contributed by atoms with Crippen molar-refractivity contribution in [1.29, 1.82) is 0 Å². The molecule has 0 atom stereocenters. The molecule has 122 valence electrons. The Bertz CT molecular complexity index is 662. The molecule has 0 aliphatic carbocycles. The maximum Gasteiger partial charge on any atom is 0.159 e. The Labute approximate surface area is 138 Å². The third kappa shape index (κ3) is 5.22. The summed E-state index contributed by atoms with van der Waals surface area (Å²) in [7, 11) is 2.07. The van der Waals surface area contributed by atoms with Crippen molar-refractivity contribution in [2.45, 2.75) is 27.3 Å². The predicted octanol–water partition coefficient (Wildman–Crippen LogP) is 4.02. The molecule has 0 N–H and O–H groups in total. The molecule has 3 nitrogen and oxygen atoms in total. The van der Waals surface area contributed by atoms with Crippen LogP contribution in [0.5, 0.6) is 5.75 Å². The van der Waals surface area contributed by atoms with Gasteiger partial charge in [-0.15, -0.1) is 0 Å². The van der Waals surface area contributed by atoms with Gasteiger partial charge in [-0.3, -0.25) is 9.69 Å². The monoisotopic (exact) mass is 311 g/mol. The average Bonchev–Trinajstić information content (AvgIpc) is 2.50. The second kappa shape index (κ2) is 7.93. The average molecular weight is 311 g/mol. The molecular formula is C20H25NO2. The molecule has 0 bridgehead atoms. The first kappa shape index (κ1) is 17.2. The minimum absolute atomic E-state index is 0.103. The number of ketones is 1. The lowest BCUT2D eigenvalue weighted by molar-refractivity contribution is 0.101. The van der Waals surface area contributed by atoms with Crippen LogP contribution in [0, 0.1) is 13.8 Å². The van der Waals surface area contributed by atoms with Crippen LogP contribution >= 0.6 is 0 Å². The molecule has 0 unspecified atom stereocenters. The first-order chi connectivity index (χ1) is 11.0. The highest BCUT2D eigenvalue weighted by atomic mass is 16.5. The van der Waals surface area contributed by atoms with Gasteiger partial charge in [-0.05, 0) is 45.0 Å². The molecule has 0 spiro atoms. The SMILES string of the molecule is CC(=O)c1ccc(CN(C)CCOc2ccc(C)cc2C)cc1. The Morgan fingerprint density at radius 1 is 1.09 bits per heavy atom. The van der Waals surface area contributed by atoms with E-state index >= 15 is 0 Å². The second-order valence-electron chi connectivity index (χ2n) is 6.11. The Hall–Kier alpha value is -2.13. The highest BCUT2D eigenvalue weighted by molar-refractivity contribution is 5.93. The summed E-state index contributed by atoms with van der Waals surface area (Å²) in [4.78, 5) is 13.5. The van der Waals surface area contributed by atoms with E-state index in [2.05, 4.69) is 37.9 Å². The number of ether oxygens (including phenoxy) is 1. The smallest absolute Gasteiger partial charge is 0.159 e. The molecule has 2 rings (SSSR count). The van der Waals surface area contributed by atoms with Crippen molar-refractivity contribution in [3.63, 3.8) is 0 Å². The highest BCUT2D eigenvalue weighted by Crippen LogP contribution is 2.18. The number of carbonyl (C=O) groups excluding carboxylic acids is 1. The van der Waals surface area contributed by atoms with E-state index in [-0.39, 0.29) is 5.78 Å². The fourth-order valence-corrected chi connectivity index (χ4v) is 2.51. The van der Waals surface area contributed by atoms with Crippen molar-refractivity contribution in [1.82, 2.24) is 4.90 Å². The van der Waals surface area contributed by atoms with Crippen molar-refractivity contribution in [3.8, 4) is 5.75 Å². The molecule has 3 heteroatoms. The van der Waals surface area contributed by atoms with E-state index in [1.807, 2.05) is 30.3 Å². The number of hydrogen-bond donors (Lipinski definition) is 0. The van der Waals surface area contributed by atoms with Crippen LogP contribution < -0.4 is 4.74 Å². The number of rotatable bonds is 7. The Morgan fingerprint density at radius 3 is 2.39 bits per heavy atom. The van der Waals surface area contributed by atoms with Crippen LogP contribution in [0.3, 0.4) is 0 Å². The quantitative estimate of drug-likeness (QED) is 0.723. The first-order valence-corrected chi connectivity index (χ1v) is 7.94. The van der Waals surface area contributed by atoms with Gasteiger partial charge in [0.1, 0.15) is 12.4 Å². The van der Waals surface area contributed by atoms with E-state index < -0.39 is 0 Å². The van der Waals surface area contributed by atoms with Crippen LogP contribution in [0.4, 0.5) is 0 Å². The van der Waals surface area contributed by atoms with Gasteiger partial charge in [-0.1, -0.05) is 42.0 Å². The second-order valence-corrected chi connectivity index (χ2v) is 6.11. The molecule has 0 fully saturated rings. The van der Waals surface area contributed by atoms with Gasteiger partial charge in [-0.2, -0.15) is 0 Å². The summed E-state index contributed by atoms with van der Waals surface area (Å²) in [6.07, 6.45) is 0. The normalized spacial score (nSPS) is 10.8. The molecule has 2 aromatic carbocycles. The molecule has 2 aromatic rings. The topological polar surface area (TPSA) is 29.5 Å². The Morgan fingerprint density at radius 2 is 1.78 bits per heavy atom. The first-order valence-electron chi connectivity index (χ1n) is 7.94. The van der Waals surface area contributed by atoms with E-state index in [1.54, 1.807) is 6.92 Å². The number of likely N-dealkylation sites (N-methyl/N-ethyl adjacent to an activating group) is 1. The lowest BCUT2D eigenvalue weighted by Gasteiger charge is -2.18. The minimum Gasteiger partial charge on any atom is -0.492 e. The molecule has 0 aliphatic heterocycles. The van der Waals surface area contributed by atoms with E-state index in [1.165, 1.54) is 16.7 Å². The zero-order valence-corrected chi connectivity index (χ0v) is 14.4. The fraction of sp³-hybridized carbons (Fsp3) is 0.350. The molecule has 0 aromatic heterocycles. The van der Waals surface area contributed by atoms with Gasteiger partial charge in [-0.25, -0.2) is 0 Å². The maximum absolute atomic E-state index is 11.3. The number of aryl methyl sites for hydroxylation is 2. The van der Waals surface area contributed by atoms with Crippen molar-refractivity contribution in [3.05, 3.63) is 64.7 Å². The van der Waals surface area contributed by atoms with E-state index in [4.69, 9.17) is 4.74 Å². The van der Waals surface area contributed by atoms with Gasteiger partial charge < -0.3 is 4.74 Å². The molecule has 0 aliphatic rings. The van der Waals surface area contributed by atoms with Crippen LogP contribution in [-0.2, 0) is 6.54 Å². The summed E-state index contributed by atoms with van der Waals surface area (Å²) in [6, 6.07) is 14.0. The Kier molecular flexibility index (Phi) is 5.94. The number of Topliss-reactive ketones (excluding diaryl/α,β-unsaturated/α-hetero) is 1. The third-order valence-corrected chi connectivity index (χ3v) is 3.87. The number of hydrogen-bond acceptors (Lipinski definition) is 3. The summed E-state index contributed by atoms with van der Waals surface area (Å²) in [5.41, 5.74) is 4.38. The van der Waals surface area contributed by atoms with Crippen molar-refractivity contribution >= 4 is 5.78 Å². The van der Waals surface area contributed by atoms with Crippen LogP contribution in [-0.4, -0.2) is 30.9 Å². The molecule has 0 radical (unpaired) electrons. The standard InChI is InChI=1S/C20H25NO2/c1-15-5-10-20(16(2)13-15)23-12-11-21(4)14-18-6-8-19(9-7-18)17(3)22/h5-10,13H,11-12,14H2,1-4H3. The number of benzene rings is 2. The van der Waals surface area contributed by atoms with Crippen LogP contribution in [0.1, 0.15) is 34.0 Å². The van der Waals surface area contributed by atoms with Crippen molar-refractivity contribution in [2.24, 2.45) is 0 Å². The van der Waals surface area contributed by atoms with Gasteiger partial charge in [0.2, 0.25) is 0 Å². The highest BCUT2D eigenvalue weighted by Gasteiger charge is 2.04. The lowest BCUT2D eigenvalue weighted by atomic mass is 10.1. The van der Waals surface area contributed by atoms with Crippen molar-refractivity contribution < 1.29 is 9.53 Å². The van der Waals surface area contributed by atoms with Crippen LogP contribution in [0.15, 0.2) is 42.5 Å². The minimum atomic E-state index is 0.103. The van der Waals surface area contributed by atoms with Gasteiger partial charge in [0, 0.05) is 18.7 Å². The molecule has 23 heavy (non-hydrogen) atoms. The van der Waals surface area contributed by atoms with Gasteiger partial charge in [0.05, 0.1) is 0 Å². The fourth-order valence-electron chi connectivity index (χ4n) is 2.51. The summed E-state index contributed by atoms with van der Waals surface area (Å²) in [5, 5.41) is 0. The van der Waals surface area contributed by atoms with Crippen LogP contribution in [0.2, 0.25) is 0 Å². The van der Waals surface area contributed by atoms with Gasteiger partial charge in [0.25, 0.3) is 0 Å². The summed E-state index contributed by atoms with van der Waals surface area (Å²) >= 11 is 0. The van der Waals surface area contributed by atoms with Crippen LogP contribution in [0.25, 0.3) is 0 Å². The predicted molar refractivity (Wildman–Crippen MR) is 94.2 cm³/mol. The molecular weight excluding hydrogens is 286 g/mol. The summed E-state index contributed by atoms with van der Waals surface area (Å²) in [5.74, 6) is 1.06. The molecule has 0 amide bonds. The van der Waals surface area contributed by atoms with Gasteiger partial charge >= 0.3 is 0 Å². The van der Waals surface area contributed by atoms with Crippen molar-refractivity contribution in [2.75, 3.05) is 20.2 Å². The largest absolute Gasteiger partial charge is 0.492 e. The van der Waals surface area contributed by atoms with E-state index in [0.29, 0.717) is 6.61 Å². The molecule has 0 saturated carbocycles. The molecule has 0 heterocycles. The zero-order valence-electron chi connectivity index (χ0n) is 14.4. The molecule has 0 saturated heterocycles. The number of carbonyl (C=O) groups is 1. The van der Waals surface area contributed by atoms with Gasteiger partial charge in [0.15, 0.2) is 5.78 Å². The number of nitrogens with zero attached hydrogens (tertiary/aromatic N) is 1. The lowest BCUT2D eigenvalue weighted by Crippen LogP contribution is -2.24. The van der Waals surface area contributed by atoms with E-state index in [0.717, 1.165) is 24.4 Å². The Balaban J connectivity index is 1.80. The third-order valence-electron chi connectivity index (χ3n) is 3.87.